The van der Waals surface area contributed by atoms with Crippen molar-refractivity contribution in [3.63, 3.8) is 0 Å². The molecule has 1 rings (SSSR count). The molecule has 0 N–H and O–H groups in total. The summed E-state index contributed by atoms with van der Waals surface area (Å²) in [4.78, 5) is 10.4. The van der Waals surface area contributed by atoms with E-state index in [1.54, 1.807) is 30.3 Å². The first-order chi connectivity index (χ1) is 6.18. The summed E-state index contributed by atoms with van der Waals surface area (Å²) in [6.07, 6.45) is 0. The summed E-state index contributed by atoms with van der Waals surface area (Å²) in [7, 11) is -2.74. The van der Waals surface area contributed by atoms with E-state index in [9.17, 15) is 9.36 Å². The van der Waals surface area contributed by atoms with Gasteiger partial charge in [0.15, 0.2) is 0 Å². The Bertz CT molecular complexity index is 314. The van der Waals surface area contributed by atoms with Gasteiger partial charge in [-0.1, -0.05) is 18.2 Å². The second-order valence-electron chi connectivity index (χ2n) is 2.26. The molecular formula is C8H10NaO4P. The second-order valence-corrected chi connectivity index (χ2v) is 3.17. The molecule has 0 saturated heterocycles. The number of carbonyl (C=O) groups is 1. The Balaban J connectivity index is 0.00000169. The van der Waals surface area contributed by atoms with Gasteiger partial charge >= 0.3 is 43.8 Å². The number of hydrogen-bond donors (Lipinski definition) is 0. The molecule has 0 bridgehead atoms. The van der Waals surface area contributed by atoms with Crippen LogP contribution in [0.15, 0.2) is 30.3 Å². The topological polar surface area (TPSA) is 52.6 Å². The molecule has 0 fully saturated rings. The van der Waals surface area contributed by atoms with Crippen molar-refractivity contribution in [2.24, 2.45) is 0 Å². The molecule has 0 aliphatic rings. The van der Waals surface area contributed by atoms with E-state index >= 15 is 0 Å². The summed E-state index contributed by atoms with van der Waals surface area (Å²) in [6.45, 7) is 1.18. The van der Waals surface area contributed by atoms with Crippen molar-refractivity contribution in [2.75, 3.05) is 0 Å². The van der Waals surface area contributed by atoms with Gasteiger partial charge in [0, 0.05) is 6.92 Å². The molecule has 1 aromatic carbocycles. The van der Waals surface area contributed by atoms with E-state index < -0.39 is 14.2 Å². The number of rotatable bonds is 3. The van der Waals surface area contributed by atoms with Crippen LogP contribution in [0.25, 0.3) is 0 Å². The minimum absolute atomic E-state index is 0. The maximum absolute atomic E-state index is 10.9. The van der Waals surface area contributed by atoms with Crippen LogP contribution in [-0.2, 0) is 13.9 Å². The number of hydrogen-bond acceptors (Lipinski definition) is 4. The molecule has 0 saturated carbocycles. The fraction of sp³-hybridized carbons (Fsp3) is 0.125. The molecule has 6 heteroatoms. The van der Waals surface area contributed by atoms with E-state index in [-0.39, 0.29) is 29.6 Å². The van der Waals surface area contributed by atoms with Crippen LogP contribution in [-0.4, -0.2) is 35.5 Å². The average molecular weight is 224 g/mol. The van der Waals surface area contributed by atoms with Gasteiger partial charge in [-0.3, -0.25) is 4.79 Å². The van der Waals surface area contributed by atoms with Crippen LogP contribution in [0.2, 0.25) is 0 Å². The molecule has 0 spiro atoms. The second kappa shape index (κ2) is 7.07. The standard InChI is InChI=1S/C8H9O4P.Na.H/c1-7(9)11-13(10)12-8-5-3-2-4-6-8;;/h2-6,13H,1H3;;. The Labute approximate surface area is 105 Å². The predicted molar refractivity (Wildman–Crippen MR) is 55.0 cm³/mol. The van der Waals surface area contributed by atoms with Gasteiger partial charge in [0.25, 0.3) is 0 Å². The molecule has 1 atom stereocenters. The number of carbonyl (C=O) groups excluding carboxylic acids is 1. The van der Waals surface area contributed by atoms with Crippen LogP contribution >= 0.6 is 8.25 Å². The Kier molecular flexibility index (Phi) is 6.93. The molecule has 0 heterocycles. The van der Waals surface area contributed by atoms with Gasteiger partial charge in [0.05, 0.1) is 0 Å². The molecule has 72 valence electrons. The molecule has 0 radical (unpaired) electrons. The fourth-order valence-corrected chi connectivity index (χ4v) is 1.33. The molecule has 4 nitrogen and oxygen atoms in total. The molecule has 0 aromatic heterocycles. The molecule has 0 amide bonds. The first-order valence-corrected chi connectivity index (χ1v) is 4.86. The quantitative estimate of drug-likeness (QED) is 0.574. The zero-order valence-electron chi connectivity index (χ0n) is 7.02. The molecule has 1 aromatic rings. The van der Waals surface area contributed by atoms with Crippen LogP contribution in [0.5, 0.6) is 5.75 Å². The zero-order chi connectivity index (χ0) is 9.68. The number of para-hydroxylation sites is 1. The van der Waals surface area contributed by atoms with Gasteiger partial charge in [-0.05, 0) is 12.1 Å². The van der Waals surface area contributed by atoms with Gasteiger partial charge in [0.1, 0.15) is 5.75 Å². The maximum atomic E-state index is 10.9. The van der Waals surface area contributed by atoms with Gasteiger partial charge in [-0.25, -0.2) is 4.57 Å². The minimum atomic E-state index is -2.74. The Morgan fingerprint density at radius 3 is 2.36 bits per heavy atom. The molecular weight excluding hydrogens is 214 g/mol. The summed E-state index contributed by atoms with van der Waals surface area (Å²) in [5.74, 6) is -0.188. The van der Waals surface area contributed by atoms with Crippen LogP contribution < -0.4 is 4.52 Å². The Morgan fingerprint density at radius 2 is 1.86 bits per heavy atom. The van der Waals surface area contributed by atoms with Crippen molar-refractivity contribution < 1.29 is 18.4 Å². The van der Waals surface area contributed by atoms with E-state index in [2.05, 4.69) is 4.52 Å². The molecule has 1 unspecified atom stereocenters. The van der Waals surface area contributed by atoms with Crippen molar-refractivity contribution in [3.05, 3.63) is 30.3 Å². The summed E-state index contributed by atoms with van der Waals surface area (Å²) >= 11 is 0. The van der Waals surface area contributed by atoms with Crippen molar-refractivity contribution in [3.8, 4) is 5.75 Å². The third-order valence-electron chi connectivity index (χ3n) is 1.17. The first-order valence-electron chi connectivity index (χ1n) is 3.64. The average Bonchev–Trinajstić information content (AvgIpc) is 2.04. The van der Waals surface area contributed by atoms with Gasteiger partial charge in [-0.15, -0.1) is 0 Å². The van der Waals surface area contributed by atoms with Crippen molar-refractivity contribution >= 4 is 43.8 Å². The normalized spacial score (nSPS) is 10.9. The summed E-state index contributed by atoms with van der Waals surface area (Å²) in [6, 6.07) is 8.53. The van der Waals surface area contributed by atoms with Crippen LogP contribution in [0.1, 0.15) is 6.92 Å². The van der Waals surface area contributed by atoms with Gasteiger partial charge in [0.2, 0.25) is 0 Å². The Morgan fingerprint density at radius 1 is 1.29 bits per heavy atom. The van der Waals surface area contributed by atoms with Gasteiger partial charge in [-0.2, -0.15) is 0 Å². The summed E-state index contributed by atoms with van der Waals surface area (Å²) < 4.78 is 20.1. The zero-order valence-corrected chi connectivity index (χ0v) is 8.02. The van der Waals surface area contributed by atoms with E-state index in [0.717, 1.165) is 0 Å². The number of benzene rings is 1. The molecule has 14 heavy (non-hydrogen) atoms. The monoisotopic (exact) mass is 224 g/mol. The third kappa shape index (κ3) is 5.45. The third-order valence-corrected chi connectivity index (χ3v) is 2.03. The predicted octanol–water partition coefficient (Wildman–Crippen LogP) is 1.37. The SMILES string of the molecule is CC(=O)O[PH](=O)Oc1ccccc1.[NaH]. The van der Waals surface area contributed by atoms with Gasteiger partial charge < -0.3 is 9.05 Å². The van der Waals surface area contributed by atoms with Crippen molar-refractivity contribution in [2.45, 2.75) is 6.92 Å². The summed E-state index contributed by atoms with van der Waals surface area (Å²) in [5, 5.41) is 0. The first kappa shape index (κ1) is 13.7. The van der Waals surface area contributed by atoms with Crippen LogP contribution in [0.3, 0.4) is 0 Å². The van der Waals surface area contributed by atoms with Crippen molar-refractivity contribution in [1.82, 2.24) is 0 Å². The van der Waals surface area contributed by atoms with Crippen LogP contribution in [0.4, 0.5) is 0 Å². The van der Waals surface area contributed by atoms with E-state index in [0.29, 0.717) is 5.75 Å². The van der Waals surface area contributed by atoms with Crippen molar-refractivity contribution in [1.29, 1.82) is 0 Å². The summed E-state index contributed by atoms with van der Waals surface area (Å²) in [5.41, 5.74) is 0. The van der Waals surface area contributed by atoms with Crippen LogP contribution in [0, 0.1) is 0 Å². The molecule has 0 aliphatic carbocycles. The fourth-order valence-electron chi connectivity index (χ4n) is 0.723. The van der Waals surface area contributed by atoms with E-state index in [1.807, 2.05) is 0 Å². The Hall–Kier alpha value is -0.280. The van der Waals surface area contributed by atoms with E-state index in [4.69, 9.17) is 4.52 Å². The van der Waals surface area contributed by atoms with E-state index in [1.165, 1.54) is 6.92 Å². The molecule has 0 aliphatic heterocycles.